The smallest absolute Gasteiger partial charge is 0.239 e. The standard InChI is InChI=1S/C11H16N2O/c1-7-5-4-6-9(8(7)2)10(13-3)11(12)14/h4-6,10,13H,1-3H3,(H2,12,14). The van der Waals surface area contributed by atoms with Gasteiger partial charge in [-0.2, -0.15) is 0 Å². The summed E-state index contributed by atoms with van der Waals surface area (Å²) in [4.78, 5) is 11.2. The Morgan fingerprint density at radius 2 is 2.07 bits per heavy atom. The van der Waals surface area contributed by atoms with Crippen molar-refractivity contribution < 1.29 is 4.79 Å². The number of primary amides is 1. The Balaban J connectivity index is 3.16. The predicted octanol–water partition coefficient (Wildman–Crippen LogP) is 1.05. The summed E-state index contributed by atoms with van der Waals surface area (Å²) in [6.45, 7) is 4.02. The van der Waals surface area contributed by atoms with Gasteiger partial charge in [0.25, 0.3) is 0 Å². The lowest BCUT2D eigenvalue weighted by molar-refractivity contribution is -0.120. The van der Waals surface area contributed by atoms with Crippen LogP contribution in [-0.2, 0) is 4.79 Å². The van der Waals surface area contributed by atoms with E-state index < -0.39 is 6.04 Å². The Labute approximate surface area is 84.3 Å². The molecular weight excluding hydrogens is 176 g/mol. The van der Waals surface area contributed by atoms with Gasteiger partial charge in [-0.15, -0.1) is 0 Å². The van der Waals surface area contributed by atoms with Gasteiger partial charge in [-0.1, -0.05) is 18.2 Å². The monoisotopic (exact) mass is 192 g/mol. The number of likely N-dealkylation sites (N-methyl/N-ethyl adjacent to an activating group) is 1. The molecule has 0 saturated carbocycles. The van der Waals surface area contributed by atoms with Crippen LogP contribution < -0.4 is 11.1 Å². The van der Waals surface area contributed by atoms with Crippen LogP contribution in [0.5, 0.6) is 0 Å². The van der Waals surface area contributed by atoms with Crippen molar-refractivity contribution in [2.45, 2.75) is 19.9 Å². The molecule has 0 bridgehead atoms. The van der Waals surface area contributed by atoms with E-state index in [9.17, 15) is 4.79 Å². The SMILES string of the molecule is CNC(C(N)=O)c1cccc(C)c1C. The minimum Gasteiger partial charge on any atom is -0.368 e. The normalized spacial score (nSPS) is 12.5. The van der Waals surface area contributed by atoms with E-state index in [-0.39, 0.29) is 5.91 Å². The lowest BCUT2D eigenvalue weighted by Crippen LogP contribution is -2.31. The molecule has 0 fully saturated rings. The molecule has 0 radical (unpaired) electrons. The lowest BCUT2D eigenvalue weighted by atomic mass is 9.97. The van der Waals surface area contributed by atoms with E-state index in [2.05, 4.69) is 5.32 Å². The first-order valence-electron chi connectivity index (χ1n) is 4.60. The summed E-state index contributed by atoms with van der Waals surface area (Å²) in [6, 6.07) is 5.49. The lowest BCUT2D eigenvalue weighted by Gasteiger charge is -2.16. The second-order valence-electron chi connectivity index (χ2n) is 3.41. The first-order chi connectivity index (χ1) is 6.57. The number of aryl methyl sites for hydroxylation is 1. The highest BCUT2D eigenvalue weighted by molar-refractivity contribution is 5.81. The molecule has 1 unspecified atom stereocenters. The second kappa shape index (κ2) is 4.24. The summed E-state index contributed by atoms with van der Waals surface area (Å²) in [5, 5.41) is 2.91. The van der Waals surface area contributed by atoms with Crippen molar-refractivity contribution in [2.24, 2.45) is 5.73 Å². The number of carbonyl (C=O) groups excluding carboxylic acids is 1. The van der Waals surface area contributed by atoms with Crippen LogP contribution in [0.1, 0.15) is 22.7 Å². The number of carbonyl (C=O) groups is 1. The van der Waals surface area contributed by atoms with E-state index in [0.29, 0.717) is 0 Å². The van der Waals surface area contributed by atoms with Crippen molar-refractivity contribution in [3.05, 3.63) is 34.9 Å². The zero-order valence-corrected chi connectivity index (χ0v) is 8.79. The van der Waals surface area contributed by atoms with E-state index in [1.807, 2.05) is 32.0 Å². The zero-order chi connectivity index (χ0) is 10.7. The molecule has 3 nitrogen and oxygen atoms in total. The first kappa shape index (κ1) is 10.7. The summed E-state index contributed by atoms with van der Waals surface area (Å²) in [6.07, 6.45) is 0. The number of hydrogen-bond acceptors (Lipinski definition) is 2. The Bertz CT molecular complexity index is 347. The van der Waals surface area contributed by atoms with E-state index >= 15 is 0 Å². The van der Waals surface area contributed by atoms with Crippen LogP contribution in [0.4, 0.5) is 0 Å². The van der Waals surface area contributed by atoms with E-state index in [1.54, 1.807) is 7.05 Å². The molecule has 0 aliphatic heterocycles. The molecule has 0 saturated heterocycles. The molecule has 0 aliphatic rings. The zero-order valence-electron chi connectivity index (χ0n) is 8.79. The first-order valence-corrected chi connectivity index (χ1v) is 4.60. The summed E-state index contributed by atoms with van der Waals surface area (Å²) >= 11 is 0. The van der Waals surface area contributed by atoms with Crippen LogP contribution >= 0.6 is 0 Å². The molecule has 0 aromatic heterocycles. The molecule has 1 rings (SSSR count). The quantitative estimate of drug-likeness (QED) is 0.752. The largest absolute Gasteiger partial charge is 0.368 e. The highest BCUT2D eigenvalue weighted by Crippen LogP contribution is 2.19. The molecule has 1 amide bonds. The maximum atomic E-state index is 11.2. The topological polar surface area (TPSA) is 55.1 Å². The molecule has 76 valence electrons. The third-order valence-electron chi connectivity index (χ3n) is 2.53. The van der Waals surface area contributed by atoms with E-state index in [0.717, 1.165) is 11.1 Å². The Kier molecular flexibility index (Phi) is 3.25. The molecular formula is C11H16N2O. The third kappa shape index (κ3) is 1.93. The number of hydrogen-bond donors (Lipinski definition) is 2. The number of rotatable bonds is 3. The molecule has 14 heavy (non-hydrogen) atoms. The molecule has 3 heteroatoms. The molecule has 0 heterocycles. The van der Waals surface area contributed by atoms with Crippen LogP contribution in [-0.4, -0.2) is 13.0 Å². The van der Waals surface area contributed by atoms with Gasteiger partial charge >= 0.3 is 0 Å². The maximum Gasteiger partial charge on any atom is 0.239 e. The third-order valence-corrected chi connectivity index (χ3v) is 2.53. The van der Waals surface area contributed by atoms with Crippen LogP contribution in [0.25, 0.3) is 0 Å². The maximum absolute atomic E-state index is 11.2. The summed E-state index contributed by atoms with van der Waals surface area (Å²) in [5.41, 5.74) is 8.54. The van der Waals surface area contributed by atoms with Crippen molar-refractivity contribution in [1.29, 1.82) is 0 Å². The van der Waals surface area contributed by atoms with Crippen molar-refractivity contribution in [1.82, 2.24) is 5.32 Å². The van der Waals surface area contributed by atoms with Crippen molar-refractivity contribution in [3.63, 3.8) is 0 Å². The van der Waals surface area contributed by atoms with Crippen LogP contribution in [0.2, 0.25) is 0 Å². The van der Waals surface area contributed by atoms with Crippen molar-refractivity contribution in [2.75, 3.05) is 7.05 Å². The fraction of sp³-hybridized carbons (Fsp3) is 0.364. The minimum absolute atomic E-state index is 0.346. The Morgan fingerprint density at radius 3 is 2.57 bits per heavy atom. The van der Waals surface area contributed by atoms with Gasteiger partial charge in [0.2, 0.25) is 5.91 Å². The van der Waals surface area contributed by atoms with Crippen LogP contribution in [0.15, 0.2) is 18.2 Å². The van der Waals surface area contributed by atoms with Gasteiger partial charge < -0.3 is 11.1 Å². The van der Waals surface area contributed by atoms with Crippen molar-refractivity contribution in [3.8, 4) is 0 Å². The van der Waals surface area contributed by atoms with Crippen LogP contribution in [0, 0.1) is 13.8 Å². The van der Waals surface area contributed by atoms with E-state index in [1.165, 1.54) is 5.56 Å². The molecule has 1 atom stereocenters. The Hall–Kier alpha value is -1.35. The molecule has 1 aromatic carbocycles. The van der Waals surface area contributed by atoms with Gasteiger partial charge in [-0.05, 0) is 37.6 Å². The minimum atomic E-state index is -0.394. The second-order valence-corrected chi connectivity index (χ2v) is 3.41. The highest BCUT2D eigenvalue weighted by Gasteiger charge is 2.17. The Morgan fingerprint density at radius 1 is 1.43 bits per heavy atom. The van der Waals surface area contributed by atoms with Crippen LogP contribution in [0.3, 0.4) is 0 Å². The summed E-state index contributed by atoms with van der Waals surface area (Å²) in [5.74, 6) is -0.346. The highest BCUT2D eigenvalue weighted by atomic mass is 16.1. The number of benzene rings is 1. The fourth-order valence-corrected chi connectivity index (χ4v) is 1.54. The van der Waals surface area contributed by atoms with Crippen molar-refractivity contribution >= 4 is 5.91 Å². The van der Waals surface area contributed by atoms with Gasteiger partial charge in [0.15, 0.2) is 0 Å². The average molecular weight is 192 g/mol. The molecule has 1 aromatic rings. The van der Waals surface area contributed by atoms with Gasteiger partial charge in [-0.25, -0.2) is 0 Å². The van der Waals surface area contributed by atoms with Gasteiger partial charge in [0.1, 0.15) is 6.04 Å². The number of nitrogens with one attached hydrogen (secondary N) is 1. The summed E-state index contributed by atoms with van der Waals surface area (Å²) in [7, 11) is 1.73. The predicted molar refractivity (Wildman–Crippen MR) is 56.9 cm³/mol. The molecule has 0 aliphatic carbocycles. The van der Waals surface area contributed by atoms with E-state index in [4.69, 9.17) is 5.73 Å². The fourth-order valence-electron chi connectivity index (χ4n) is 1.54. The van der Waals surface area contributed by atoms with Gasteiger partial charge in [0.05, 0.1) is 0 Å². The number of nitrogens with two attached hydrogens (primary N) is 1. The van der Waals surface area contributed by atoms with Gasteiger partial charge in [-0.3, -0.25) is 4.79 Å². The van der Waals surface area contributed by atoms with Gasteiger partial charge in [0, 0.05) is 0 Å². The molecule has 0 spiro atoms. The molecule has 3 N–H and O–H groups in total. The number of amides is 1. The average Bonchev–Trinajstić information content (AvgIpc) is 2.13. The summed E-state index contributed by atoms with van der Waals surface area (Å²) < 4.78 is 0.